The van der Waals surface area contributed by atoms with Crippen molar-refractivity contribution < 1.29 is 20.8 Å². The fourth-order valence-electron chi connectivity index (χ4n) is 3.70. The zero-order valence-electron chi connectivity index (χ0n) is 20.9. The molecule has 0 atom stereocenters. The summed E-state index contributed by atoms with van der Waals surface area (Å²) in [5.41, 5.74) is 1.35. The molecule has 1 aromatic carbocycles. The van der Waals surface area contributed by atoms with E-state index in [0.29, 0.717) is 5.04 Å². The Morgan fingerprint density at radius 3 is 2.00 bits per heavy atom. The molecule has 0 bridgehead atoms. The largest absolute Gasteiger partial charge is 0.147 e. The van der Waals surface area contributed by atoms with Crippen molar-refractivity contribution in [3.8, 4) is 5.75 Å². The number of hydrogen-bond acceptors (Lipinski definition) is 1. The molecule has 171 valence electrons. The minimum Gasteiger partial charge on any atom is -0.147 e. The molecule has 0 amide bonds. The first-order valence-corrected chi connectivity index (χ1v) is 24.2. The topological polar surface area (TPSA) is 9.23 Å². The van der Waals surface area contributed by atoms with Crippen LogP contribution in [0.1, 0.15) is 32.8 Å². The maximum absolute atomic E-state index is 6.99. The zero-order valence-corrected chi connectivity index (χ0v) is 27.2. The number of rotatable bonds is 6. The van der Waals surface area contributed by atoms with Gasteiger partial charge >= 0.3 is 185 Å². The molecule has 7 heteroatoms. The van der Waals surface area contributed by atoms with E-state index in [4.69, 9.17) is 3.32 Å². The van der Waals surface area contributed by atoms with Crippen LogP contribution < -0.4 is 8.51 Å². The van der Waals surface area contributed by atoms with Gasteiger partial charge in [-0.2, -0.15) is 0 Å². The molecule has 1 nitrogen and oxygen atoms in total. The summed E-state index contributed by atoms with van der Waals surface area (Å²) in [6.45, 7) is 26.1. The van der Waals surface area contributed by atoms with Gasteiger partial charge in [0.15, 0.2) is 0 Å². The molecule has 0 heterocycles. The van der Waals surface area contributed by atoms with E-state index in [1.165, 1.54) is 5.56 Å². The van der Waals surface area contributed by atoms with Gasteiger partial charge in [-0.25, -0.2) is 0 Å². The third kappa shape index (κ3) is 6.97. The molecule has 0 saturated heterocycles. The Balaban J connectivity index is 0.00000420. The Bertz CT molecular complexity index is 791. The molecule has 30 heavy (non-hydrogen) atoms. The van der Waals surface area contributed by atoms with Crippen LogP contribution in [0.5, 0.6) is 5.75 Å². The Hall–Kier alpha value is 0.445. The van der Waals surface area contributed by atoms with Crippen LogP contribution >= 0.6 is 24.8 Å². The van der Waals surface area contributed by atoms with Gasteiger partial charge in [0.2, 0.25) is 0 Å². The van der Waals surface area contributed by atoms with Crippen molar-refractivity contribution in [2.45, 2.75) is 85.0 Å². The average molecular weight is 539 g/mol. The molecule has 1 aromatic rings. The quantitative estimate of drug-likeness (QED) is 0.340. The molecule has 0 unspecified atom stereocenters. The second-order valence-electron chi connectivity index (χ2n) is 11.3. The molecule has 0 N–H and O–H groups in total. The van der Waals surface area contributed by atoms with Gasteiger partial charge < -0.3 is 0 Å². The Kier molecular flexibility index (Phi) is 11.2. The van der Waals surface area contributed by atoms with Gasteiger partial charge in [-0.05, 0) is 0 Å². The monoisotopic (exact) mass is 537 g/mol. The molecule has 0 radical (unpaired) electrons. The number of benzene rings is 1. The molecule has 0 fully saturated rings. The molecule has 2 rings (SSSR count). The second kappa shape index (κ2) is 11.0. The number of hydrogen-bond donors (Lipinski definition) is 0. The number of allylic oxidation sites excluding steroid dienone is 4. The summed E-state index contributed by atoms with van der Waals surface area (Å²) in [5.74, 6) is 1.16. The van der Waals surface area contributed by atoms with Crippen molar-refractivity contribution in [1.29, 1.82) is 0 Å². The summed E-state index contributed by atoms with van der Waals surface area (Å²) in [6.07, 6.45) is 5.99. The van der Waals surface area contributed by atoms with Gasteiger partial charge in [-0.1, -0.05) is 0 Å². The summed E-state index contributed by atoms with van der Waals surface area (Å²) in [7, 11) is -2.87. The SMILES string of the molecule is Cc1cc([O][Ti]([C]2=C([Si](C)(C)C)C=CC2)[SiH](C)C)cc([Si](C)(C)C(C)(C)C)c1.Cl.Cl. The predicted molar refractivity (Wildman–Crippen MR) is 146 cm³/mol. The van der Waals surface area contributed by atoms with E-state index in [1.54, 1.807) is 14.3 Å². The van der Waals surface area contributed by atoms with Crippen molar-refractivity contribution in [2.75, 3.05) is 0 Å². The molecular weight excluding hydrogens is 495 g/mol. The predicted octanol–water partition coefficient (Wildman–Crippen LogP) is 7.54. The molecule has 0 aliphatic heterocycles. The van der Waals surface area contributed by atoms with Gasteiger partial charge in [0.05, 0.1) is 0 Å². The zero-order chi connectivity index (χ0) is 21.5. The first-order chi connectivity index (χ1) is 12.6. The van der Waals surface area contributed by atoms with E-state index in [0.717, 1.165) is 12.2 Å². The number of aryl methyl sites for hydroxylation is 1. The Labute approximate surface area is 208 Å². The third-order valence-corrected chi connectivity index (χ3v) is 24.7. The summed E-state index contributed by atoms with van der Waals surface area (Å²) >= 11 is -1.71. The van der Waals surface area contributed by atoms with Crippen molar-refractivity contribution in [3.63, 3.8) is 0 Å². The van der Waals surface area contributed by atoms with Crippen LogP contribution in [0.2, 0.25) is 50.9 Å². The maximum Gasteiger partial charge on any atom is -0.147 e. The number of halogens is 2. The Morgan fingerprint density at radius 1 is 0.967 bits per heavy atom. The van der Waals surface area contributed by atoms with Crippen LogP contribution in [0.4, 0.5) is 0 Å². The fraction of sp³-hybridized carbons (Fsp3) is 0.565. The molecular formula is C23H43Cl2OSi3Ti. The fourth-order valence-corrected chi connectivity index (χ4v) is 18.9. The minimum absolute atomic E-state index is 0. The third-order valence-electron chi connectivity index (χ3n) is 6.44. The molecule has 0 aromatic heterocycles. The average Bonchev–Trinajstić information content (AvgIpc) is 3.00. The van der Waals surface area contributed by atoms with E-state index in [2.05, 4.69) is 104 Å². The van der Waals surface area contributed by atoms with Crippen LogP contribution in [0, 0.1) is 6.92 Å². The van der Waals surface area contributed by atoms with Gasteiger partial charge in [-0.3, -0.25) is 0 Å². The summed E-state index contributed by atoms with van der Waals surface area (Å²) < 4.78 is 8.74. The minimum atomic E-state index is -1.71. The van der Waals surface area contributed by atoms with Crippen LogP contribution in [0.15, 0.2) is 39.4 Å². The summed E-state index contributed by atoms with van der Waals surface area (Å²) in [4.78, 5) is 0. The van der Waals surface area contributed by atoms with Gasteiger partial charge in [0.1, 0.15) is 0 Å². The van der Waals surface area contributed by atoms with Crippen LogP contribution in [0.3, 0.4) is 0 Å². The molecule has 1 aliphatic rings. The molecule has 0 spiro atoms. The van der Waals surface area contributed by atoms with Crippen LogP contribution in [-0.4, -0.2) is 22.8 Å². The first kappa shape index (κ1) is 30.4. The maximum atomic E-state index is 6.99. The first-order valence-electron chi connectivity index (χ1n) is 10.7. The summed E-state index contributed by atoms with van der Waals surface area (Å²) in [5, 5.41) is 3.58. The summed E-state index contributed by atoms with van der Waals surface area (Å²) in [6, 6.07) is 7.11. The van der Waals surface area contributed by atoms with Crippen molar-refractivity contribution in [3.05, 3.63) is 45.0 Å². The van der Waals surface area contributed by atoms with E-state index in [1.807, 2.05) is 0 Å². The molecule has 1 aliphatic carbocycles. The van der Waals surface area contributed by atoms with E-state index in [9.17, 15) is 0 Å². The smallest absolute Gasteiger partial charge is 0.147 e. The van der Waals surface area contributed by atoms with Crippen molar-refractivity contribution in [2.24, 2.45) is 0 Å². The van der Waals surface area contributed by atoms with Crippen molar-refractivity contribution >= 4 is 52.8 Å². The van der Waals surface area contributed by atoms with Crippen LogP contribution in [-0.2, 0) is 17.5 Å². The van der Waals surface area contributed by atoms with E-state index < -0.39 is 40.3 Å². The van der Waals surface area contributed by atoms with Crippen LogP contribution in [0.25, 0.3) is 0 Å². The van der Waals surface area contributed by atoms with Gasteiger partial charge in [0.25, 0.3) is 0 Å². The van der Waals surface area contributed by atoms with Crippen molar-refractivity contribution in [1.82, 2.24) is 0 Å². The Morgan fingerprint density at radius 2 is 1.53 bits per heavy atom. The van der Waals surface area contributed by atoms with Gasteiger partial charge in [0, 0.05) is 0 Å². The molecule has 0 saturated carbocycles. The second-order valence-corrected chi connectivity index (χ2v) is 33.9. The van der Waals surface area contributed by atoms with Gasteiger partial charge in [-0.15, -0.1) is 24.8 Å². The van der Waals surface area contributed by atoms with E-state index >= 15 is 0 Å². The standard InChI is InChI=1S/C13H22OSi.C8H13Si.C2H7Si.2ClH.Ti/c1-10-7-11(14)9-12(8-10)15(5,6)13(2,3)4;1-9(2,3)8-6-4-5-7-8;1-3-2;;;/h7-9,14H,1-6H3;4,6H,5H2,1-3H3;3H,1-2H3;2*1H;/q;;;;;+1/p-1. The van der Waals surface area contributed by atoms with E-state index in [-0.39, 0.29) is 24.8 Å². The normalized spacial score (nSPS) is 14.5.